The van der Waals surface area contributed by atoms with E-state index >= 15 is 0 Å². The summed E-state index contributed by atoms with van der Waals surface area (Å²) in [4.78, 5) is 23.0. The fourth-order valence-corrected chi connectivity index (χ4v) is 2.19. The predicted molar refractivity (Wildman–Crippen MR) is 53.6 cm³/mol. The average Bonchev–Trinajstić information content (AvgIpc) is 2.44. The van der Waals surface area contributed by atoms with Crippen LogP contribution in [0, 0.1) is 0 Å². The summed E-state index contributed by atoms with van der Waals surface area (Å²) in [5.74, 6) is -1.30. The monoisotopic (exact) mass is 232 g/mol. The van der Waals surface area contributed by atoms with Crippen LogP contribution >= 0.6 is 0 Å². The number of sulfone groups is 1. The van der Waals surface area contributed by atoms with Gasteiger partial charge < -0.3 is 5.73 Å². The number of nitrogens with zero attached hydrogens (tertiary/aromatic N) is 1. The highest BCUT2D eigenvalue weighted by atomic mass is 32.2. The zero-order valence-corrected chi connectivity index (χ0v) is 8.87. The second kappa shape index (κ2) is 4.54. The maximum absolute atomic E-state index is 11.3. The smallest absolute Gasteiger partial charge is 0.253 e. The van der Waals surface area contributed by atoms with E-state index in [1.54, 1.807) is 0 Å². The van der Waals surface area contributed by atoms with Gasteiger partial charge in [-0.1, -0.05) is 0 Å². The molecule has 1 aliphatic rings. The van der Waals surface area contributed by atoms with Crippen molar-refractivity contribution in [1.29, 1.82) is 0 Å². The number of nitrogens with two attached hydrogens (primary N) is 1. The normalized spacial score (nSPS) is 16.5. The van der Waals surface area contributed by atoms with Gasteiger partial charge in [-0.2, -0.15) is 0 Å². The van der Waals surface area contributed by atoms with Gasteiger partial charge in [-0.05, 0) is 0 Å². The molecule has 0 atom stereocenters. The third kappa shape index (κ3) is 3.14. The van der Waals surface area contributed by atoms with Gasteiger partial charge in [0, 0.05) is 25.2 Å². The van der Waals surface area contributed by atoms with Gasteiger partial charge in [0.05, 0.1) is 11.5 Å². The number of carbonyl (C=O) groups is 2. The predicted octanol–water partition coefficient (Wildman–Crippen LogP) is -1.72. The molecule has 0 aromatic rings. The van der Waals surface area contributed by atoms with Crippen LogP contribution in [0.4, 0.5) is 0 Å². The third-order valence-electron chi connectivity index (χ3n) is 1.96. The highest BCUT2D eigenvalue weighted by Crippen LogP contribution is 2.03. The Labute approximate surface area is 87.6 Å². The number of rotatable bonds is 5. The molecule has 1 aliphatic heterocycles. The van der Waals surface area contributed by atoms with E-state index in [-0.39, 0.29) is 24.6 Å². The number of hydrogen-bond donors (Lipinski definition) is 1. The average molecular weight is 232 g/mol. The number of hydrogen-bond acceptors (Lipinski definition) is 5. The first-order valence-electron chi connectivity index (χ1n) is 4.40. The Bertz CT molecular complexity index is 381. The lowest BCUT2D eigenvalue weighted by atomic mass is 10.5. The molecule has 0 aromatic carbocycles. The summed E-state index contributed by atoms with van der Waals surface area (Å²) in [7, 11) is -3.26. The number of amides is 2. The van der Waals surface area contributed by atoms with Gasteiger partial charge in [0.1, 0.15) is 0 Å². The molecule has 0 radical (unpaired) electrons. The molecule has 0 bridgehead atoms. The SMILES string of the molecule is NCCS(=O)(=O)CCN1C(=O)C=CC1=O. The summed E-state index contributed by atoms with van der Waals surface area (Å²) in [6.45, 7) is -0.0600. The molecule has 84 valence electrons. The molecule has 0 fully saturated rings. The van der Waals surface area contributed by atoms with Crippen molar-refractivity contribution in [1.82, 2.24) is 4.90 Å². The van der Waals surface area contributed by atoms with Crippen LogP contribution < -0.4 is 5.73 Å². The van der Waals surface area contributed by atoms with Crippen LogP contribution in [-0.4, -0.2) is 49.7 Å². The largest absolute Gasteiger partial charge is 0.329 e. The van der Waals surface area contributed by atoms with Gasteiger partial charge in [0.15, 0.2) is 9.84 Å². The molecule has 7 heteroatoms. The quantitative estimate of drug-likeness (QED) is 0.569. The molecule has 2 amide bonds. The van der Waals surface area contributed by atoms with Crippen molar-refractivity contribution in [3.8, 4) is 0 Å². The zero-order valence-electron chi connectivity index (χ0n) is 8.05. The summed E-state index contributed by atoms with van der Waals surface area (Å²) >= 11 is 0. The molecule has 0 unspecified atom stereocenters. The van der Waals surface area contributed by atoms with Crippen molar-refractivity contribution < 1.29 is 18.0 Å². The summed E-state index contributed by atoms with van der Waals surface area (Å²) in [6, 6.07) is 0. The van der Waals surface area contributed by atoms with E-state index in [4.69, 9.17) is 5.73 Å². The van der Waals surface area contributed by atoms with E-state index in [1.165, 1.54) is 0 Å². The molecule has 0 saturated heterocycles. The first-order valence-corrected chi connectivity index (χ1v) is 6.22. The molecule has 0 saturated carbocycles. The Morgan fingerprint density at radius 3 is 2.13 bits per heavy atom. The Hall–Kier alpha value is -1.21. The molecule has 0 aromatic heterocycles. The van der Waals surface area contributed by atoms with Gasteiger partial charge in [0.25, 0.3) is 11.8 Å². The molecule has 1 heterocycles. The van der Waals surface area contributed by atoms with Crippen molar-refractivity contribution in [3.05, 3.63) is 12.2 Å². The lowest BCUT2D eigenvalue weighted by molar-refractivity contribution is -0.136. The van der Waals surface area contributed by atoms with Crippen molar-refractivity contribution in [2.24, 2.45) is 5.73 Å². The van der Waals surface area contributed by atoms with E-state index in [0.717, 1.165) is 17.1 Å². The number of carbonyl (C=O) groups excluding carboxylic acids is 2. The van der Waals surface area contributed by atoms with E-state index in [1.807, 2.05) is 0 Å². The fourth-order valence-electron chi connectivity index (χ4n) is 1.16. The van der Waals surface area contributed by atoms with E-state index in [2.05, 4.69) is 0 Å². The molecule has 0 spiro atoms. The van der Waals surface area contributed by atoms with Crippen LogP contribution in [-0.2, 0) is 19.4 Å². The van der Waals surface area contributed by atoms with E-state index in [0.29, 0.717) is 0 Å². The first-order chi connectivity index (χ1) is 6.96. The standard InChI is InChI=1S/C8H12N2O4S/c9-3-5-15(13,14)6-4-10-7(11)1-2-8(10)12/h1-2H,3-6,9H2. The highest BCUT2D eigenvalue weighted by molar-refractivity contribution is 7.91. The van der Waals surface area contributed by atoms with Crippen molar-refractivity contribution in [2.45, 2.75) is 0 Å². The van der Waals surface area contributed by atoms with Crippen LogP contribution in [0.15, 0.2) is 12.2 Å². The summed E-state index contributed by atoms with van der Waals surface area (Å²) in [5.41, 5.74) is 5.11. The number of imide groups is 1. The maximum Gasteiger partial charge on any atom is 0.253 e. The molecule has 15 heavy (non-hydrogen) atoms. The lowest BCUT2D eigenvalue weighted by Crippen LogP contribution is -2.35. The van der Waals surface area contributed by atoms with Crippen molar-refractivity contribution in [2.75, 3.05) is 24.6 Å². The molecular formula is C8H12N2O4S. The summed E-state index contributed by atoms with van der Waals surface area (Å²) < 4.78 is 22.5. The minimum Gasteiger partial charge on any atom is -0.329 e. The third-order valence-corrected chi connectivity index (χ3v) is 3.62. The minimum absolute atomic E-state index is 0.0441. The first kappa shape index (κ1) is 11.9. The van der Waals surface area contributed by atoms with Crippen LogP contribution in [0.3, 0.4) is 0 Å². The Kier molecular flexibility index (Phi) is 3.59. The second-order valence-corrected chi connectivity index (χ2v) is 5.41. The van der Waals surface area contributed by atoms with Gasteiger partial charge in [0.2, 0.25) is 0 Å². The Morgan fingerprint density at radius 2 is 1.67 bits per heavy atom. The molecule has 6 nitrogen and oxygen atoms in total. The summed E-state index contributed by atoms with van der Waals surface area (Å²) in [5, 5.41) is 0. The molecule has 0 aliphatic carbocycles. The summed E-state index contributed by atoms with van der Waals surface area (Å²) in [6.07, 6.45) is 2.25. The maximum atomic E-state index is 11.3. The van der Waals surface area contributed by atoms with Crippen LogP contribution in [0.5, 0.6) is 0 Å². The zero-order chi connectivity index (χ0) is 11.5. The van der Waals surface area contributed by atoms with E-state index < -0.39 is 21.7 Å². The molecular weight excluding hydrogens is 220 g/mol. The Balaban J connectivity index is 2.51. The van der Waals surface area contributed by atoms with Crippen LogP contribution in [0.1, 0.15) is 0 Å². The Morgan fingerprint density at radius 1 is 1.13 bits per heavy atom. The van der Waals surface area contributed by atoms with Crippen molar-refractivity contribution in [3.63, 3.8) is 0 Å². The van der Waals surface area contributed by atoms with Crippen LogP contribution in [0.25, 0.3) is 0 Å². The topological polar surface area (TPSA) is 97.5 Å². The van der Waals surface area contributed by atoms with Crippen LogP contribution in [0.2, 0.25) is 0 Å². The minimum atomic E-state index is -3.26. The fraction of sp³-hybridized carbons (Fsp3) is 0.500. The van der Waals surface area contributed by atoms with Gasteiger partial charge in [-0.15, -0.1) is 0 Å². The molecule has 1 rings (SSSR count). The highest BCUT2D eigenvalue weighted by Gasteiger charge is 2.24. The van der Waals surface area contributed by atoms with E-state index in [9.17, 15) is 18.0 Å². The lowest BCUT2D eigenvalue weighted by Gasteiger charge is -2.13. The second-order valence-electron chi connectivity index (χ2n) is 3.10. The molecule has 2 N–H and O–H groups in total. The van der Waals surface area contributed by atoms with Gasteiger partial charge in [-0.25, -0.2) is 8.42 Å². The van der Waals surface area contributed by atoms with Gasteiger partial charge in [-0.3, -0.25) is 14.5 Å². The van der Waals surface area contributed by atoms with Gasteiger partial charge >= 0.3 is 0 Å². The van der Waals surface area contributed by atoms with Crippen molar-refractivity contribution >= 4 is 21.7 Å².